The van der Waals surface area contributed by atoms with Crippen LogP contribution in [0.15, 0.2) is 24.3 Å². The van der Waals surface area contributed by atoms with Gasteiger partial charge in [0, 0.05) is 13.0 Å². The summed E-state index contributed by atoms with van der Waals surface area (Å²) in [5.74, 6) is 0.383. The molecule has 0 aliphatic rings. The first kappa shape index (κ1) is 16.9. The predicted octanol–water partition coefficient (Wildman–Crippen LogP) is 3.11. The molecule has 5 heteroatoms. The Morgan fingerprint density at radius 2 is 2.14 bits per heavy atom. The van der Waals surface area contributed by atoms with E-state index in [9.17, 15) is 4.79 Å². The van der Waals surface area contributed by atoms with Crippen molar-refractivity contribution in [2.24, 2.45) is 11.7 Å². The lowest BCUT2D eigenvalue weighted by molar-refractivity contribution is -0.123. The largest absolute Gasteiger partial charge is 0.349 e. The standard InChI is InChI=1S/C17H25N3OS/c1-12(2)17(3,11-18)20-15(21)9-6-10-16-19-13-7-4-5-8-14(13)22-16/h4-5,7-8,12H,6,9-11,18H2,1-3H3,(H,20,21). The Bertz CT molecular complexity index is 605. The van der Waals surface area contributed by atoms with Crippen molar-refractivity contribution in [2.75, 3.05) is 6.54 Å². The molecule has 0 bridgehead atoms. The molecule has 22 heavy (non-hydrogen) atoms. The number of nitrogens with zero attached hydrogens (tertiary/aromatic N) is 1. The molecular formula is C17H25N3OS. The maximum absolute atomic E-state index is 12.1. The number of thiazole rings is 1. The van der Waals surface area contributed by atoms with Crippen LogP contribution in [0.2, 0.25) is 0 Å². The smallest absolute Gasteiger partial charge is 0.220 e. The van der Waals surface area contributed by atoms with Crippen LogP contribution in [0.5, 0.6) is 0 Å². The molecule has 0 aliphatic heterocycles. The van der Waals surface area contributed by atoms with Gasteiger partial charge in [0.2, 0.25) is 5.91 Å². The Morgan fingerprint density at radius 1 is 1.41 bits per heavy atom. The molecule has 2 aromatic rings. The third kappa shape index (κ3) is 4.05. The fourth-order valence-electron chi connectivity index (χ4n) is 2.24. The highest BCUT2D eigenvalue weighted by atomic mass is 32.1. The first-order valence-electron chi connectivity index (χ1n) is 7.80. The summed E-state index contributed by atoms with van der Waals surface area (Å²) in [4.78, 5) is 16.7. The molecule has 120 valence electrons. The van der Waals surface area contributed by atoms with Crippen LogP contribution >= 0.6 is 11.3 Å². The molecule has 1 amide bonds. The number of nitrogens with one attached hydrogen (secondary N) is 1. The monoisotopic (exact) mass is 319 g/mol. The zero-order valence-electron chi connectivity index (χ0n) is 13.6. The third-order valence-electron chi connectivity index (χ3n) is 4.26. The highest BCUT2D eigenvalue weighted by molar-refractivity contribution is 7.18. The van der Waals surface area contributed by atoms with Gasteiger partial charge in [0.1, 0.15) is 0 Å². The van der Waals surface area contributed by atoms with Gasteiger partial charge < -0.3 is 11.1 Å². The van der Waals surface area contributed by atoms with Gasteiger partial charge in [0.05, 0.1) is 20.8 Å². The molecule has 0 radical (unpaired) electrons. The van der Waals surface area contributed by atoms with Gasteiger partial charge in [0.25, 0.3) is 0 Å². The molecule has 0 saturated heterocycles. The molecule has 1 aromatic carbocycles. The first-order chi connectivity index (χ1) is 10.4. The lowest BCUT2D eigenvalue weighted by Gasteiger charge is -2.33. The Balaban J connectivity index is 1.84. The van der Waals surface area contributed by atoms with Crippen LogP contribution in [-0.2, 0) is 11.2 Å². The van der Waals surface area contributed by atoms with Crippen LogP contribution in [0.1, 0.15) is 38.6 Å². The van der Waals surface area contributed by atoms with Gasteiger partial charge in [-0.15, -0.1) is 11.3 Å². The second kappa shape index (κ2) is 7.20. The van der Waals surface area contributed by atoms with Crippen LogP contribution in [-0.4, -0.2) is 23.0 Å². The van der Waals surface area contributed by atoms with E-state index in [-0.39, 0.29) is 11.4 Å². The maximum atomic E-state index is 12.1. The lowest BCUT2D eigenvalue weighted by atomic mass is 9.88. The van der Waals surface area contributed by atoms with E-state index >= 15 is 0 Å². The Kier molecular flexibility index (Phi) is 5.53. The molecule has 3 N–H and O–H groups in total. The normalized spacial score (nSPS) is 14.2. The van der Waals surface area contributed by atoms with E-state index in [1.165, 1.54) is 4.70 Å². The Morgan fingerprint density at radius 3 is 2.77 bits per heavy atom. The van der Waals surface area contributed by atoms with E-state index in [0.29, 0.717) is 18.9 Å². The van der Waals surface area contributed by atoms with Gasteiger partial charge in [-0.3, -0.25) is 4.79 Å². The maximum Gasteiger partial charge on any atom is 0.220 e. The molecule has 0 fully saturated rings. The third-order valence-corrected chi connectivity index (χ3v) is 5.35. The highest BCUT2D eigenvalue weighted by Crippen LogP contribution is 2.23. The van der Waals surface area contributed by atoms with E-state index in [1.807, 2.05) is 25.1 Å². The molecule has 0 aliphatic carbocycles. The summed E-state index contributed by atoms with van der Waals surface area (Å²) < 4.78 is 1.21. The van der Waals surface area contributed by atoms with E-state index in [1.54, 1.807) is 11.3 Å². The molecule has 1 atom stereocenters. The molecule has 4 nitrogen and oxygen atoms in total. The summed E-state index contributed by atoms with van der Waals surface area (Å²) in [5, 5.41) is 4.17. The van der Waals surface area contributed by atoms with Gasteiger partial charge in [-0.25, -0.2) is 4.98 Å². The van der Waals surface area contributed by atoms with Crippen LogP contribution in [0, 0.1) is 5.92 Å². The highest BCUT2D eigenvalue weighted by Gasteiger charge is 2.28. The molecule has 2 rings (SSSR count). The summed E-state index contributed by atoms with van der Waals surface area (Å²) >= 11 is 1.71. The number of hydrogen-bond acceptors (Lipinski definition) is 4. The number of carbonyl (C=O) groups excluding carboxylic acids is 1. The summed E-state index contributed by atoms with van der Waals surface area (Å²) in [6.45, 7) is 6.61. The van der Waals surface area contributed by atoms with Crippen LogP contribution in [0.3, 0.4) is 0 Å². The van der Waals surface area contributed by atoms with Crippen molar-refractivity contribution in [1.82, 2.24) is 10.3 Å². The van der Waals surface area contributed by atoms with Gasteiger partial charge in [0.15, 0.2) is 0 Å². The van der Waals surface area contributed by atoms with Crippen molar-refractivity contribution >= 4 is 27.5 Å². The van der Waals surface area contributed by atoms with Crippen molar-refractivity contribution in [3.63, 3.8) is 0 Å². The molecule has 1 aromatic heterocycles. The van der Waals surface area contributed by atoms with Crippen LogP contribution in [0.25, 0.3) is 10.2 Å². The van der Waals surface area contributed by atoms with Gasteiger partial charge >= 0.3 is 0 Å². The number of benzene rings is 1. The topological polar surface area (TPSA) is 68.0 Å². The average molecular weight is 319 g/mol. The fourth-order valence-corrected chi connectivity index (χ4v) is 3.25. The number of nitrogens with two attached hydrogens (primary N) is 1. The van der Waals surface area contributed by atoms with Crippen molar-refractivity contribution in [1.29, 1.82) is 0 Å². The number of hydrogen-bond donors (Lipinski definition) is 2. The van der Waals surface area contributed by atoms with E-state index in [0.717, 1.165) is 23.4 Å². The van der Waals surface area contributed by atoms with Crippen molar-refractivity contribution in [3.05, 3.63) is 29.3 Å². The zero-order valence-corrected chi connectivity index (χ0v) is 14.4. The van der Waals surface area contributed by atoms with Gasteiger partial charge in [-0.1, -0.05) is 26.0 Å². The zero-order chi connectivity index (χ0) is 16.2. The minimum absolute atomic E-state index is 0.0720. The number of aromatic nitrogens is 1. The molecule has 1 unspecified atom stereocenters. The Labute approximate surface area is 136 Å². The number of rotatable bonds is 7. The van der Waals surface area contributed by atoms with E-state index in [2.05, 4.69) is 30.2 Å². The lowest BCUT2D eigenvalue weighted by Crippen LogP contribution is -2.54. The first-order valence-corrected chi connectivity index (χ1v) is 8.62. The summed E-state index contributed by atoms with van der Waals surface area (Å²) in [7, 11) is 0. The van der Waals surface area contributed by atoms with Crippen molar-refractivity contribution in [3.8, 4) is 0 Å². The number of fused-ring (bicyclic) bond motifs is 1. The van der Waals surface area contributed by atoms with Crippen molar-refractivity contribution < 1.29 is 4.79 Å². The minimum Gasteiger partial charge on any atom is -0.349 e. The fraction of sp³-hybridized carbons (Fsp3) is 0.529. The molecule has 0 saturated carbocycles. The minimum atomic E-state index is -0.326. The van der Waals surface area contributed by atoms with Crippen LogP contribution < -0.4 is 11.1 Å². The van der Waals surface area contributed by atoms with Crippen LogP contribution in [0.4, 0.5) is 0 Å². The molecule has 1 heterocycles. The number of carbonyl (C=O) groups is 1. The number of aryl methyl sites for hydroxylation is 1. The summed E-state index contributed by atoms with van der Waals surface area (Å²) in [6, 6.07) is 8.13. The second-order valence-corrected chi connectivity index (χ2v) is 7.37. The average Bonchev–Trinajstić information content (AvgIpc) is 2.89. The molecule has 0 spiro atoms. The quantitative estimate of drug-likeness (QED) is 0.824. The second-order valence-electron chi connectivity index (χ2n) is 6.25. The Hall–Kier alpha value is -1.46. The number of amides is 1. The van der Waals surface area contributed by atoms with Crippen molar-refractivity contribution in [2.45, 2.75) is 45.6 Å². The summed E-state index contributed by atoms with van der Waals surface area (Å²) in [6.07, 6.45) is 2.16. The van der Waals surface area contributed by atoms with E-state index < -0.39 is 0 Å². The number of para-hydroxylation sites is 1. The summed E-state index contributed by atoms with van der Waals surface area (Å²) in [5.41, 5.74) is 6.51. The molecular weight excluding hydrogens is 294 g/mol. The van der Waals surface area contributed by atoms with Gasteiger partial charge in [-0.05, 0) is 37.8 Å². The van der Waals surface area contributed by atoms with Gasteiger partial charge in [-0.2, -0.15) is 0 Å². The van der Waals surface area contributed by atoms with E-state index in [4.69, 9.17) is 5.73 Å². The SMILES string of the molecule is CC(C)C(C)(CN)NC(=O)CCCc1nc2ccccc2s1. The predicted molar refractivity (Wildman–Crippen MR) is 93.0 cm³/mol.